The summed E-state index contributed by atoms with van der Waals surface area (Å²) in [6.07, 6.45) is 1.43. The van der Waals surface area contributed by atoms with Crippen LogP contribution in [0.15, 0.2) is 60.2 Å². The lowest BCUT2D eigenvalue weighted by Crippen LogP contribution is -2.14. The summed E-state index contributed by atoms with van der Waals surface area (Å²) >= 11 is 0. The molecule has 0 heterocycles. The Labute approximate surface area is 152 Å². The first-order valence-corrected chi connectivity index (χ1v) is 8.20. The molecule has 26 heavy (non-hydrogen) atoms. The van der Waals surface area contributed by atoms with Gasteiger partial charge in [-0.25, -0.2) is 0 Å². The van der Waals surface area contributed by atoms with Gasteiger partial charge < -0.3 is 10.4 Å². The summed E-state index contributed by atoms with van der Waals surface area (Å²) in [7, 11) is 0. The van der Waals surface area contributed by atoms with Crippen LogP contribution in [0, 0.1) is 25.2 Å². The number of nitrogens with one attached hydrogen (secondary N) is 1. The van der Waals surface area contributed by atoms with E-state index in [1.807, 2.05) is 62.4 Å². The average molecular weight is 342 g/mol. The minimum absolute atomic E-state index is 0.0241. The van der Waals surface area contributed by atoms with Crippen molar-refractivity contribution in [2.24, 2.45) is 0 Å². The number of phenols is 1. The highest BCUT2D eigenvalue weighted by Crippen LogP contribution is 2.29. The zero-order chi connectivity index (χ0) is 18.7. The highest BCUT2D eigenvalue weighted by Gasteiger charge is 2.13. The van der Waals surface area contributed by atoms with E-state index in [9.17, 15) is 15.2 Å². The van der Waals surface area contributed by atoms with Gasteiger partial charge in [0.1, 0.15) is 17.4 Å². The van der Waals surface area contributed by atoms with E-state index in [1.54, 1.807) is 12.1 Å². The van der Waals surface area contributed by atoms with Crippen LogP contribution in [0.1, 0.15) is 16.7 Å². The molecular weight excluding hydrogens is 324 g/mol. The predicted octanol–water partition coefficient (Wildman–Crippen LogP) is 4.71. The number of carbonyl (C=O) groups is 1. The fourth-order valence-electron chi connectivity index (χ4n) is 2.79. The molecule has 0 saturated carbocycles. The van der Waals surface area contributed by atoms with Crippen molar-refractivity contribution in [1.29, 1.82) is 5.26 Å². The Morgan fingerprint density at radius 2 is 1.88 bits per heavy atom. The van der Waals surface area contributed by atoms with Crippen molar-refractivity contribution in [2.45, 2.75) is 13.8 Å². The molecule has 0 saturated heterocycles. The van der Waals surface area contributed by atoms with Gasteiger partial charge >= 0.3 is 0 Å². The molecule has 1 amide bonds. The molecule has 128 valence electrons. The van der Waals surface area contributed by atoms with Gasteiger partial charge in [-0.1, -0.05) is 42.5 Å². The molecule has 0 unspecified atom stereocenters. The summed E-state index contributed by atoms with van der Waals surface area (Å²) in [5.74, 6) is -0.482. The molecule has 0 aliphatic heterocycles. The fraction of sp³-hybridized carbons (Fsp3) is 0.0909. The van der Waals surface area contributed by atoms with Gasteiger partial charge in [0.2, 0.25) is 0 Å². The Kier molecular flexibility index (Phi) is 4.72. The number of nitrogens with zero attached hydrogens (tertiary/aromatic N) is 1. The highest BCUT2D eigenvalue weighted by atomic mass is 16.3. The predicted molar refractivity (Wildman–Crippen MR) is 104 cm³/mol. The summed E-state index contributed by atoms with van der Waals surface area (Å²) < 4.78 is 0. The third kappa shape index (κ3) is 3.42. The van der Waals surface area contributed by atoms with Gasteiger partial charge in [0.25, 0.3) is 5.91 Å². The number of carbonyl (C=O) groups excluding carboxylic acids is 1. The number of fused-ring (bicyclic) bond motifs is 1. The van der Waals surface area contributed by atoms with E-state index in [0.717, 1.165) is 21.9 Å². The third-order valence-electron chi connectivity index (χ3n) is 4.24. The second kappa shape index (κ2) is 7.12. The lowest BCUT2D eigenvalue weighted by atomic mass is 10.0. The van der Waals surface area contributed by atoms with Crippen molar-refractivity contribution in [1.82, 2.24) is 0 Å². The standard InChI is InChI=1S/C22H18N2O2/c1-14-7-8-15(2)20(11-14)24-22(26)17(13-23)12-19-18-6-4-3-5-16(18)9-10-21(19)25/h3-12,25H,1-2H3,(H,24,26)/b17-12-. The van der Waals surface area contributed by atoms with E-state index in [2.05, 4.69) is 5.32 Å². The lowest BCUT2D eigenvalue weighted by molar-refractivity contribution is -0.112. The van der Waals surface area contributed by atoms with Crippen molar-refractivity contribution in [3.8, 4) is 11.8 Å². The third-order valence-corrected chi connectivity index (χ3v) is 4.24. The van der Waals surface area contributed by atoms with E-state index < -0.39 is 5.91 Å². The molecule has 0 aliphatic carbocycles. The minimum Gasteiger partial charge on any atom is -0.507 e. The largest absolute Gasteiger partial charge is 0.507 e. The van der Waals surface area contributed by atoms with Crippen LogP contribution in [0.4, 0.5) is 5.69 Å². The van der Waals surface area contributed by atoms with E-state index in [4.69, 9.17) is 0 Å². The topological polar surface area (TPSA) is 73.1 Å². The number of anilines is 1. The summed E-state index contributed by atoms with van der Waals surface area (Å²) in [5.41, 5.74) is 2.97. The maximum absolute atomic E-state index is 12.6. The van der Waals surface area contributed by atoms with Crippen molar-refractivity contribution in [3.63, 3.8) is 0 Å². The Bertz CT molecular complexity index is 1080. The molecule has 3 aromatic rings. The molecule has 0 spiro atoms. The second-order valence-corrected chi connectivity index (χ2v) is 6.16. The van der Waals surface area contributed by atoms with Crippen LogP contribution in [-0.4, -0.2) is 11.0 Å². The van der Waals surface area contributed by atoms with Crippen LogP contribution in [0.25, 0.3) is 16.8 Å². The monoisotopic (exact) mass is 342 g/mol. The summed E-state index contributed by atoms with van der Waals surface area (Å²) in [5, 5.41) is 24.2. The number of aryl methyl sites for hydroxylation is 2. The lowest BCUT2D eigenvalue weighted by Gasteiger charge is -2.10. The number of amides is 1. The number of phenolic OH excluding ortho intramolecular Hbond substituents is 1. The quantitative estimate of drug-likeness (QED) is 0.535. The molecule has 0 aromatic heterocycles. The van der Waals surface area contributed by atoms with Crippen molar-refractivity contribution < 1.29 is 9.90 Å². The number of rotatable bonds is 3. The maximum atomic E-state index is 12.6. The molecule has 2 N–H and O–H groups in total. The summed E-state index contributed by atoms with van der Waals surface area (Å²) in [6, 6.07) is 18.5. The van der Waals surface area contributed by atoms with Crippen molar-refractivity contribution in [3.05, 3.63) is 76.9 Å². The zero-order valence-electron chi connectivity index (χ0n) is 14.6. The molecule has 0 fully saturated rings. The van der Waals surface area contributed by atoms with Crippen LogP contribution in [0.5, 0.6) is 5.75 Å². The smallest absolute Gasteiger partial charge is 0.266 e. The first-order chi connectivity index (χ1) is 12.5. The van der Waals surface area contributed by atoms with E-state index >= 15 is 0 Å². The minimum atomic E-state index is -0.506. The van der Waals surface area contributed by atoms with Crippen LogP contribution >= 0.6 is 0 Å². The van der Waals surface area contributed by atoms with E-state index in [-0.39, 0.29) is 11.3 Å². The Morgan fingerprint density at radius 3 is 2.65 bits per heavy atom. The number of aromatic hydroxyl groups is 1. The van der Waals surface area contributed by atoms with Gasteiger partial charge in [0.05, 0.1) is 0 Å². The first-order valence-electron chi connectivity index (χ1n) is 8.20. The molecule has 0 radical (unpaired) electrons. The van der Waals surface area contributed by atoms with Crippen LogP contribution < -0.4 is 5.32 Å². The first kappa shape index (κ1) is 17.2. The van der Waals surface area contributed by atoms with Gasteiger partial charge in [-0.15, -0.1) is 0 Å². The van der Waals surface area contributed by atoms with Crippen LogP contribution in [0.3, 0.4) is 0 Å². The highest BCUT2D eigenvalue weighted by molar-refractivity contribution is 6.11. The number of benzene rings is 3. The Balaban J connectivity index is 2.01. The molecule has 3 aromatic carbocycles. The van der Waals surface area contributed by atoms with Gasteiger partial charge in [-0.2, -0.15) is 5.26 Å². The Morgan fingerprint density at radius 1 is 1.12 bits per heavy atom. The maximum Gasteiger partial charge on any atom is 0.266 e. The molecule has 4 nitrogen and oxygen atoms in total. The van der Waals surface area contributed by atoms with Gasteiger partial charge in [-0.05, 0) is 54.0 Å². The van der Waals surface area contributed by atoms with Crippen LogP contribution in [0.2, 0.25) is 0 Å². The average Bonchev–Trinajstić information content (AvgIpc) is 2.64. The number of hydrogen-bond donors (Lipinski definition) is 2. The molecular formula is C22H18N2O2. The molecule has 0 bridgehead atoms. The molecule has 4 heteroatoms. The zero-order valence-corrected chi connectivity index (χ0v) is 14.6. The van der Waals surface area contributed by atoms with E-state index in [1.165, 1.54) is 6.08 Å². The Hall–Kier alpha value is -3.58. The van der Waals surface area contributed by atoms with Crippen LogP contribution in [-0.2, 0) is 4.79 Å². The molecule has 0 aliphatic rings. The molecule has 0 atom stereocenters. The van der Waals surface area contributed by atoms with E-state index in [0.29, 0.717) is 11.3 Å². The second-order valence-electron chi connectivity index (χ2n) is 6.16. The summed E-state index contributed by atoms with van der Waals surface area (Å²) in [6.45, 7) is 3.83. The van der Waals surface area contributed by atoms with Crippen molar-refractivity contribution in [2.75, 3.05) is 5.32 Å². The fourth-order valence-corrected chi connectivity index (χ4v) is 2.79. The van der Waals surface area contributed by atoms with Gasteiger partial charge in [0.15, 0.2) is 0 Å². The molecule has 3 rings (SSSR count). The van der Waals surface area contributed by atoms with Gasteiger partial charge in [-0.3, -0.25) is 4.79 Å². The van der Waals surface area contributed by atoms with Gasteiger partial charge in [0, 0.05) is 11.3 Å². The number of nitriles is 1. The SMILES string of the molecule is Cc1ccc(C)c(NC(=O)/C(C#N)=C\c2c(O)ccc3ccccc23)c1. The van der Waals surface area contributed by atoms with Crippen molar-refractivity contribution >= 4 is 28.4 Å². The summed E-state index contributed by atoms with van der Waals surface area (Å²) in [4.78, 5) is 12.6. The number of hydrogen-bond acceptors (Lipinski definition) is 3. The normalized spacial score (nSPS) is 11.2.